The molecule has 0 aliphatic carbocycles. The van der Waals surface area contributed by atoms with Crippen LogP contribution in [0, 0.1) is 5.82 Å². The van der Waals surface area contributed by atoms with E-state index < -0.39 is 34.3 Å². The van der Waals surface area contributed by atoms with Crippen LogP contribution in [0.25, 0.3) is 6.08 Å². The maximum atomic E-state index is 13.5. The standard InChI is InChI=1S/C15H13FN2O4/c1-17-13(20)12(14(21)18(2)15(17)22)11(19)8-7-9-5-3-4-6-10(9)16/h3-8,20H,1-2H3/b8-7+. The first-order valence-electron chi connectivity index (χ1n) is 6.30. The Morgan fingerprint density at radius 1 is 1.18 bits per heavy atom. The fraction of sp³-hybridized carbons (Fsp3) is 0.133. The van der Waals surface area contributed by atoms with Crippen LogP contribution in [0.15, 0.2) is 39.9 Å². The molecule has 0 radical (unpaired) electrons. The summed E-state index contributed by atoms with van der Waals surface area (Å²) in [6, 6.07) is 5.78. The number of allylic oxidation sites excluding steroid dienone is 1. The largest absolute Gasteiger partial charge is 0.494 e. The highest BCUT2D eigenvalue weighted by Gasteiger charge is 2.19. The molecular formula is C15H13FN2O4. The minimum Gasteiger partial charge on any atom is -0.494 e. The lowest BCUT2D eigenvalue weighted by Gasteiger charge is -2.07. The van der Waals surface area contributed by atoms with E-state index in [1.54, 1.807) is 6.07 Å². The van der Waals surface area contributed by atoms with E-state index in [2.05, 4.69) is 0 Å². The lowest BCUT2D eigenvalue weighted by molar-refractivity contribution is 0.104. The average Bonchev–Trinajstić information content (AvgIpc) is 2.50. The average molecular weight is 304 g/mol. The Morgan fingerprint density at radius 3 is 2.45 bits per heavy atom. The second kappa shape index (κ2) is 5.80. The number of halogens is 1. The first-order valence-corrected chi connectivity index (χ1v) is 6.30. The molecule has 1 heterocycles. The van der Waals surface area contributed by atoms with Crippen LogP contribution in [0.2, 0.25) is 0 Å². The number of nitrogens with zero attached hydrogens (tertiary/aromatic N) is 2. The number of aromatic hydroxyl groups is 1. The lowest BCUT2D eigenvalue weighted by Crippen LogP contribution is -2.39. The summed E-state index contributed by atoms with van der Waals surface area (Å²) in [6.07, 6.45) is 2.17. The highest BCUT2D eigenvalue weighted by Crippen LogP contribution is 2.13. The van der Waals surface area contributed by atoms with Crippen molar-refractivity contribution in [3.05, 3.63) is 68.1 Å². The Hall–Kier alpha value is -2.96. The van der Waals surface area contributed by atoms with Crippen LogP contribution in [-0.4, -0.2) is 20.0 Å². The number of benzene rings is 1. The molecule has 0 unspecified atom stereocenters. The van der Waals surface area contributed by atoms with E-state index >= 15 is 0 Å². The van der Waals surface area contributed by atoms with Crippen LogP contribution in [0.3, 0.4) is 0 Å². The van der Waals surface area contributed by atoms with Crippen molar-refractivity contribution < 1.29 is 14.3 Å². The summed E-state index contributed by atoms with van der Waals surface area (Å²) in [5.74, 6) is -2.07. The third kappa shape index (κ3) is 2.60. The molecule has 0 bridgehead atoms. The maximum Gasteiger partial charge on any atom is 0.333 e. The number of rotatable bonds is 3. The highest BCUT2D eigenvalue weighted by molar-refractivity contribution is 6.08. The summed E-state index contributed by atoms with van der Waals surface area (Å²) in [5.41, 5.74) is -2.05. The van der Waals surface area contributed by atoms with Gasteiger partial charge in [0.05, 0.1) is 0 Å². The van der Waals surface area contributed by atoms with Crippen LogP contribution in [0.5, 0.6) is 5.88 Å². The molecule has 0 saturated heterocycles. The Labute approximate surface area is 124 Å². The molecule has 22 heavy (non-hydrogen) atoms. The highest BCUT2D eigenvalue weighted by atomic mass is 19.1. The zero-order chi connectivity index (χ0) is 16.4. The molecule has 2 rings (SSSR count). The molecule has 0 spiro atoms. The van der Waals surface area contributed by atoms with Gasteiger partial charge in [-0.3, -0.25) is 18.7 Å². The Morgan fingerprint density at radius 2 is 1.82 bits per heavy atom. The van der Waals surface area contributed by atoms with Gasteiger partial charge in [-0.05, 0) is 18.2 Å². The molecule has 2 aromatic rings. The minimum atomic E-state index is -0.913. The molecule has 1 N–H and O–H groups in total. The third-order valence-electron chi connectivity index (χ3n) is 3.20. The predicted molar refractivity (Wildman–Crippen MR) is 78.4 cm³/mol. The van der Waals surface area contributed by atoms with Gasteiger partial charge < -0.3 is 5.11 Å². The molecule has 0 aliphatic heterocycles. The molecule has 114 valence electrons. The smallest absolute Gasteiger partial charge is 0.333 e. The molecule has 0 fully saturated rings. The van der Waals surface area contributed by atoms with Gasteiger partial charge >= 0.3 is 5.69 Å². The third-order valence-corrected chi connectivity index (χ3v) is 3.20. The van der Waals surface area contributed by atoms with Crippen molar-refractivity contribution in [2.24, 2.45) is 14.1 Å². The van der Waals surface area contributed by atoms with E-state index in [9.17, 15) is 23.9 Å². The number of carbonyl (C=O) groups is 1. The van der Waals surface area contributed by atoms with E-state index in [0.717, 1.165) is 10.6 Å². The molecule has 7 heteroatoms. The zero-order valence-electron chi connectivity index (χ0n) is 11.9. The van der Waals surface area contributed by atoms with Crippen LogP contribution in [0.4, 0.5) is 4.39 Å². The summed E-state index contributed by atoms with van der Waals surface area (Å²) in [4.78, 5) is 35.6. The van der Waals surface area contributed by atoms with Gasteiger partial charge in [-0.1, -0.05) is 18.2 Å². The van der Waals surface area contributed by atoms with Crippen molar-refractivity contribution in [1.29, 1.82) is 0 Å². The van der Waals surface area contributed by atoms with E-state index in [-0.39, 0.29) is 5.56 Å². The van der Waals surface area contributed by atoms with Crippen LogP contribution in [-0.2, 0) is 14.1 Å². The summed E-state index contributed by atoms with van der Waals surface area (Å²) in [5, 5.41) is 9.83. The topological polar surface area (TPSA) is 81.3 Å². The molecule has 6 nitrogen and oxygen atoms in total. The molecule has 0 saturated carbocycles. The predicted octanol–water partition coefficient (Wildman–Crippen LogP) is 0.825. The van der Waals surface area contributed by atoms with Crippen molar-refractivity contribution in [3.8, 4) is 5.88 Å². The second-order valence-corrected chi connectivity index (χ2v) is 4.62. The van der Waals surface area contributed by atoms with Gasteiger partial charge in [0.25, 0.3) is 5.56 Å². The summed E-state index contributed by atoms with van der Waals surface area (Å²) in [7, 11) is 2.43. The fourth-order valence-electron chi connectivity index (χ4n) is 1.91. The normalized spacial score (nSPS) is 11.0. The van der Waals surface area contributed by atoms with Crippen molar-refractivity contribution in [3.63, 3.8) is 0 Å². The van der Waals surface area contributed by atoms with Gasteiger partial charge in [0.2, 0.25) is 5.88 Å². The Bertz CT molecular complexity index is 893. The molecule has 0 atom stereocenters. The SMILES string of the molecule is Cn1c(O)c(C(=O)/C=C/c2ccccc2F)c(=O)n(C)c1=O. The molecule has 0 aliphatic rings. The van der Waals surface area contributed by atoms with Crippen molar-refractivity contribution in [2.75, 3.05) is 0 Å². The zero-order valence-corrected chi connectivity index (χ0v) is 11.9. The number of hydrogen-bond donors (Lipinski definition) is 1. The van der Waals surface area contributed by atoms with Crippen molar-refractivity contribution in [2.45, 2.75) is 0 Å². The fourth-order valence-corrected chi connectivity index (χ4v) is 1.91. The van der Waals surface area contributed by atoms with E-state index in [4.69, 9.17) is 0 Å². The van der Waals surface area contributed by atoms with Gasteiger partial charge in [-0.25, -0.2) is 9.18 Å². The molecular weight excluding hydrogens is 291 g/mol. The van der Waals surface area contributed by atoms with E-state index in [0.29, 0.717) is 4.57 Å². The monoisotopic (exact) mass is 304 g/mol. The summed E-state index contributed by atoms with van der Waals surface area (Å²) < 4.78 is 15.0. The Balaban J connectivity index is 2.50. The first-order chi connectivity index (χ1) is 10.3. The van der Waals surface area contributed by atoms with Crippen LogP contribution >= 0.6 is 0 Å². The Kier molecular flexibility index (Phi) is 4.07. The number of ketones is 1. The lowest BCUT2D eigenvalue weighted by atomic mass is 10.1. The molecule has 1 aromatic heterocycles. The second-order valence-electron chi connectivity index (χ2n) is 4.62. The summed E-state index contributed by atoms with van der Waals surface area (Å²) >= 11 is 0. The van der Waals surface area contributed by atoms with E-state index in [1.807, 2.05) is 0 Å². The quantitative estimate of drug-likeness (QED) is 0.672. The van der Waals surface area contributed by atoms with Crippen LogP contribution in [0.1, 0.15) is 15.9 Å². The first kappa shape index (κ1) is 15.4. The van der Waals surface area contributed by atoms with Crippen molar-refractivity contribution >= 4 is 11.9 Å². The number of aromatic nitrogens is 2. The van der Waals surface area contributed by atoms with Gasteiger partial charge in [-0.15, -0.1) is 0 Å². The minimum absolute atomic E-state index is 0.164. The summed E-state index contributed by atoms with van der Waals surface area (Å²) in [6.45, 7) is 0. The van der Waals surface area contributed by atoms with Gasteiger partial charge in [0, 0.05) is 19.7 Å². The number of carbonyl (C=O) groups excluding carboxylic acids is 1. The van der Waals surface area contributed by atoms with Gasteiger partial charge in [0.15, 0.2) is 5.78 Å². The molecule has 1 aromatic carbocycles. The number of hydrogen-bond acceptors (Lipinski definition) is 4. The molecule has 0 amide bonds. The van der Waals surface area contributed by atoms with Gasteiger partial charge in [0.1, 0.15) is 11.4 Å². The van der Waals surface area contributed by atoms with E-state index in [1.165, 1.54) is 38.4 Å². The van der Waals surface area contributed by atoms with Gasteiger partial charge in [-0.2, -0.15) is 0 Å². The van der Waals surface area contributed by atoms with Crippen molar-refractivity contribution in [1.82, 2.24) is 9.13 Å². The van der Waals surface area contributed by atoms with Crippen LogP contribution < -0.4 is 11.2 Å². The maximum absolute atomic E-state index is 13.5.